The van der Waals surface area contributed by atoms with E-state index < -0.39 is 13.2 Å². The van der Waals surface area contributed by atoms with Crippen LogP contribution in [0.5, 0.6) is 0 Å². The van der Waals surface area contributed by atoms with Crippen molar-refractivity contribution in [3.05, 3.63) is 12.2 Å². The van der Waals surface area contributed by atoms with Gasteiger partial charge in [0.05, 0.1) is 5.97 Å². The van der Waals surface area contributed by atoms with Crippen LogP contribution < -0.4 is 5.11 Å². The van der Waals surface area contributed by atoms with E-state index in [1.54, 1.807) is 0 Å². The average Bonchev–Trinajstić information content (AvgIpc) is 2.23. The molecule has 0 spiro atoms. The van der Waals surface area contributed by atoms with Crippen LogP contribution in [0.15, 0.2) is 12.2 Å². The number of hydrogen-bond donors (Lipinski definition) is 4. The van der Waals surface area contributed by atoms with E-state index in [0.29, 0.717) is 0 Å². The van der Waals surface area contributed by atoms with Crippen molar-refractivity contribution in [2.45, 2.75) is 6.92 Å². The van der Waals surface area contributed by atoms with Gasteiger partial charge in [0.1, 0.15) is 7.26 Å². The van der Waals surface area contributed by atoms with Crippen LogP contribution in [-0.4, -0.2) is 51.8 Å². The Kier molecular flexibility index (Phi) is 9.87. The summed E-state index contributed by atoms with van der Waals surface area (Å²) >= 11 is 0. The summed E-state index contributed by atoms with van der Waals surface area (Å²) in [6, 6.07) is 0. The number of carboxylic acid groups (broad SMARTS) is 1. The lowest BCUT2D eigenvalue weighted by molar-refractivity contribution is -0.299. The first kappa shape index (κ1) is 16.9. The minimum atomic E-state index is -2.20. The van der Waals surface area contributed by atoms with Crippen molar-refractivity contribution in [2.24, 2.45) is 0 Å². The number of aliphatic carboxylic acids is 1. The summed E-state index contributed by atoms with van der Waals surface area (Å²) in [5.41, 5.74) is 0.0648. The molecule has 0 radical (unpaired) electrons. The van der Waals surface area contributed by atoms with Crippen molar-refractivity contribution in [1.82, 2.24) is 0 Å². The number of rotatable bonds is 5. The number of carbonyl (C=O) groups is 1. The van der Waals surface area contributed by atoms with Gasteiger partial charge in [0.25, 0.3) is 0 Å². The predicted octanol–water partition coefficient (Wildman–Crippen LogP) is -1.88. The lowest BCUT2D eigenvalue weighted by Crippen LogP contribution is -2.22. The van der Waals surface area contributed by atoms with Crippen molar-refractivity contribution in [3.63, 3.8) is 0 Å². The molecule has 0 heterocycles. The topological polar surface area (TPSA) is 121 Å². The van der Waals surface area contributed by atoms with Crippen molar-refractivity contribution < 1.29 is 30.3 Å². The fourth-order valence-electron chi connectivity index (χ4n) is 0.268. The first-order valence-electron chi connectivity index (χ1n) is 4.04. The zero-order valence-corrected chi connectivity index (χ0v) is 9.48. The molecule has 0 aliphatic carbocycles. The summed E-state index contributed by atoms with van der Waals surface area (Å²) in [4.78, 5) is 9.49. The summed E-state index contributed by atoms with van der Waals surface area (Å²) < 4.78 is 0. The summed E-state index contributed by atoms with van der Waals surface area (Å²) in [6.07, 6.45) is -1.18. The molecule has 0 aliphatic heterocycles. The highest BCUT2D eigenvalue weighted by molar-refractivity contribution is 7.75. The van der Waals surface area contributed by atoms with Crippen molar-refractivity contribution in [2.75, 3.05) is 25.4 Å². The second-order valence-electron chi connectivity index (χ2n) is 2.98. The third-order valence-electron chi connectivity index (χ3n) is 1.55. The summed E-state index contributed by atoms with van der Waals surface area (Å²) in [7, 11) is -2.20. The van der Waals surface area contributed by atoms with E-state index >= 15 is 0 Å². The molecule has 0 fully saturated rings. The highest BCUT2D eigenvalue weighted by Gasteiger charge is 2.34. The van der Waals surface area contributed by atoms with E-state index in [1.807, 2.05) is 0 Å². The summed E-state index contributed by atoms with van der Waals surface area (Å²) in [5.74, 6) is -1.19. The first-order chi connectivity index (χ1) is 6.89. The Morgan fingerprint density at radius 3 is 1.33 bits per heavy atom. The van der Waals surface area contributed by atoms with Crippen LogP contribution in [0.3, 0.4) is 0 Å². The normalized spacial score (nSPS) is 10.2. The third-order valence-corrected chi connectivity index (χ3v) is 3.95. The molecule has 0 aliphatic rings. The lowest BCUT2D eigenvalue weighted by atomic mass is 10.4. The number of carboxylic acids is 1. The zero-order chi connectivity index (χ0) is 12.5. The largest absolute Gasteiger partial charge is 0.545 e. The first-order valence-corrected chi connectivity index (χ1v) is 6.57. The van der Waals surface area contributed by atoms with Gasteiger partial charge < -0.3 is 30.3 Å². The highest BCUT2D eigenvalue weighted by Crippen LogP contribution is 2.54. The Labute approximate surface area is 88.8 Å². The lowest BCUT2D eigenvalue weighted by Gasteiger charge is -2.15. The van der Waals surface area contributed by atoms with Crippen LogP contribution in [0.25, 0.3) is 0 Å². The molecule has 0 aromatic carbocycles. The van der Waals surface area contributed by atoms with Crippen LogP contribution in [0.2, 0.25) is 0 Å². The van der Waals surface area contributed by atoms with E-state index in [9.17, 15) is 9.90 Å². The standard InChI is InChI=1S/C4H12O4P.C4H6O2/c5-1-9(2-6,3-7)4-8;1-3(2)4(5)6/h5-8H,1-4H2;1H2,2H3,(H,5,6)/q+1;/p-1. The van der Waals surface area contributed by atoms with E-state index in [0.717, 1.165) is 0 Å². The fourth-order valence-corrected chi connectivity index (χ4v) is 0.805. The van der Waals surface area contributed by atoms with E-state index in [-0.39, 0.29) is 31.0 Å². The van der Waals surface area contributed by atoms with Crippen LogP contribution in [0.4, 0.5) is 0 Å². The minimum Gasteiger partial charge on any atom is -0.545 e. The van der Waals surface area contributed by atoms with Gasteiger partial charge in [-0.3, -0.25) is 0 Å². The summed E-state index contributed by atoms with van der Waals surface area (Å²) in [6.45, 7) is 4.48. The second kappa shape index (κ2) is 8.76. The molecule has 90 valence electrons. The monoisotopic (exact) mass is 240 g/mol. The van der Waals surface area contributed by atoms with E-state index in [4.69, 9.17) is 20.4 Å². The summed E-state index contributed by atoms with van der Waals surface area (Å²) in [5, 5.41) is 43.7. The molecule has 0 amide bonds. The maximum Gasteiger partial charge on any atom is 0.161 e. The molecular weight excluding hydrogens is 223 g/mol. The van der Waals surface area contributed by atoms with Crippen molar-refractivity contribution in [1.29, 1.82) is 0 Å². The van der Waals surface area contributed by atoms with Gasteiger partial charge in [0, 0.05) is 0 Å². The Bertz CT molecular complexity index is 172. The van der Waals surface area contributed by atoms with E-state index in [2.05, 4.69) is 6.58 Å². The molecule has 15 heavy (non-hydrogen) atoms. The van der Waals surface area contributed by atoms with Gasteiger partial charge >= 0.3 is 0 Å². The van der Waals surface area contributed by atoms with Crippen LogP contribution >= 0.6 is 7.26 Å². The smallest absolute Gasteiger partial charge is 0.161 e. The van der Waals surface area contributed by atoms with Gasteiger partial charge in [-0.1, -0.05) is 6.58 Å². The molecule has 0 saturated carbocycles. The maximum atomic E-state index is 9.49. The van der Waals surface area contributed by atoms with Crippen LogP contribution in [0.1, 0.15) is 6.92 Å². The van der Waals surface area contributed by atoms with Gasteiger partial charge in [-0.05, 0) is 12.5 Å². The predicted molar refractivity (Wildman–Crippen MR) is 55.1 cm³/mol. The third kappa shape index (κ3) is 7.41. The Morgan fingerprint density at radius 2 is 1.33 bits per heavy atom. The van der Waals surface area contributed by atoms with Crippen LogP contribution in [0, 0.1) is 0 Å². The second-order valence-corrected chi connectivity index (χ2v) is 6.79. The van der Waals surface area contributed by atoms with Gasteiger partial charge in [0.15, 0.2) is 25.4 Å². The van der Waals surface area contributed by atoms with Crippen molar-refractivity contribution in [3.8, 4) is 0 Å². The number of aliphatic hydroxyl groups is 4. The minimum absolute atomic E-state index is 0.0648. The number of hydrogen-bond acceptors (Lipinski definition) is 6. The number of aliphatic hydroxyl groups excluding tert-OH is 4. The van der Waals surface area contributed by atoms with Gasteiger partial charge in [-0.2, -0.15) is 0 Å². The van der Waals surface area contributed by atoms with Gasteiger partial charge in [-0.25, -0.2) is 0 Å². The molecular formula is C8H17O6P. The highest BCUT2D eigenvalue weighted by atomic mass is 31.2. The molecule has 0 aromatic heterocycles. The van der Waals surface area contributed by atoms with Gasteiger partial charge in [0.2, 0.25) is 0 Å². The molecule has 0 unspecified atom stereocenters. The molecule has 0 atom stereocenters. The van der Waals surface area contributed by atoms with Gasteiger partial charge in [-0.15, -0.1) is 0 Å². The average molecular weight is 240 g/mol. The Balaban J connectivity index is 0. The Hall–Kier alpha value is -0.520. The number of carbonyl (C=O) groups excluding carboxylic acids is 1. The molecule has 7 heteroatoms. The van der Waals surface area contributed by atoms with Crippen molar-refractivity contribution >= 4 is 13.2 Å². The van der Waals surface area contributed by atoms with Crippen LogP contribution in [-0.2, 0) is 4.79 Å². The molecule has 0 aromatic rings. The molecule has 0 rings (SSSR count). The van der Waals surface area contributed by atoms with E-state index in [1.165, 1.54) is 6.92 Å². The Morgan fingerprint density at radius 1 is 1.13 bits per heavy atom. The molecule has 0 saturated heterocycles. The fraction of sp³-hybridized carbons (Fsp3) is 0.625. The quantitative estimate of drug-likeness (QED) is 0.329. The SMILES string of the molecule is C=C(C)C(=O)[O-].OC[P+](CO)(CO)CO. The molecule has 6 nitrogen and oxygen atoms in total. The zero-order valence-electron chi connectivity index (χ0n) is 8.59. The molecule has 4 N–H and O–H groups in total. The molecule has 0 bridgehead atoms. The maximum absolute atomic E-state index is 9.49.